The van der Waals surface area contributed by atoms with Crippen LogP contribution in [0.25, 0.3) is 0 Å². The number of hydrogen-bond donors (Lipinski definition) is 1. The summed E-state index contributed by atoms with van der Waals surface area (Å²) in [5.74, 6) is 0.736. The Morgan fingerprint density at radius 2 is 2.21 bits per heavy atom. The average Bonchev–Trinajstić information content (AvgIpc) is 3.22. The van der Waals surface area contributed by atoms with Crippen LogP contribution in [0.2, 0.25) is 0 Å². The van der Waals surface area contributed by atoms with E-state index in [1.807, 2.05) is 4.90 Å². The van der Waals surface area contributed by atoms with Gasteiger partial charge in [0.15, 0.2) is 0 Å². The summed E-state index contributed by atoms with van der Waals surface area (Å²) in [6.45, 7) is 6.17. The third-order valence-electron chi connectivity index (χ3n) is 5.72. The van der Waals surface area contributed by atoms with Crippen molar-refractivity contribution in [1.82, 2.24) is 25.0 Å². The Bertz CT molecular complexity index is 626. The molecule has 24 heavy (non-hydrogen) atoms. The lowest BCUT2D eigenvalue weighted by Gasteiger charge is -2.55. The van der Waals surface area contributed by atoms with Crippen LogP contribution in [-0.2, 0) is 9.53 Å². The molecule has 4 rings (SSSR count). The molecule has 3 fully saturated rings. The Labute approximate surface area is 140 Å². The van der Waals surface area contributed by atoms with Gasteiger partial charge in [-0.2, -0.15) is 5.10 Å². The molecule has 0 unspecified atom stereocenters. The average molecular weight is 333 g/mol. The number of hydrogen-bond acceptors (Lipinski definition) is 5. The van der Waals surface area contributed by atoms with Crippen molar-refractivity contribution in [3.05, 3.63) is 12.2 Å². The maximum absolute atomic E-state index is 13.0. The van der Waals surface area contributed by atoms with Crippen LogP contribution in [0.15, 0.2) is 6.33 Å². The second-order valence-corrected chi connectivity index (χ2v) is 7.41. The van der Waals surface area contributed by atoms with Crippen molar-refractivity contribution in [2.45, 2.75) is 19.8 Å². The van der Waals surface area contributed by atoms with Gasteiger partial charge in [-0.25, -0.2) is 4.98 Å². The monoisotopic (exact) mass is 333 g/mol. The van der Waals surface area contributed by atoms with Crippen molar-refractivity contribution >= 4 is 11.8 Å². The van der Waals surface area contributed by atoms with Crippen LogP contribution in [-0.4, -0.2) is 76.2 Å². The highest BCUT2D eigenvalue weighted by Gasteiger charge is 2.55. The van der Waals surface area contributed by atoms with Gasteiger partial charge in [0.1, 0.15) is 6.33 Å². The zero-order chi connectivity index (χ0) is 16.7. The zero-order valence-corrected chi connectivity index (χ0v) is 13.9. The summed E-state index contributed by atoms with van der Waals surface area (Å²) in [5.41, 5.74) is -0.142. The van der Waals surface area contributed by atoms with E-state index in [9.17, 15) is 9.59 Å². The van der Waals surface area contributed by atoms with Gasteiger partial charge in [0.05, 0.1) is 12.5 Å². The molecule has 8 nitrogen and oxygen atoms in total. The van der Waals surface area contributed by atoms with E-state index in [1.54, 1.807) is 4.90 Å². The van der Waals surface area contributed by atoms with Gasteiger partial charge >= 0.3 is 0 Å². The quantitative estimate of drug-likeness (QED) is 0.832. The fourth-order valence-corrected chi connectivity index (χ4v) is 4.21. The van der Waals surface area contributed by atoms with Gasteiger partial charge < -0.3 is 14.5 Å². The Morgan fingerprint density at radius 3 is 2.88 bits per heavy atom. The minimum Gasteiger partial charge on any atom is -0.381 e. The Balaban J connectivity index is 1.45. The van der Waals surface area contributed by atoms with E-state index in [0.29, 0.717) is 32.2 Å². The SMILES string of the molecule is C[C@@H]1CCN(C(=O)[C@@H]2COCCC23CN(C(=O)c2ncn[nH]2)C3)C1. The first-order chi connectivity index (χ1) is 11.6. The first-order valence-corrected chi connectivity index (χ1v) is 8.60. The van der Waals surface area contributed by atoms with Gasteiger partial charge in [0, 0.05) is 38.2 Å². The number of likely N-dealkylation sites (tertiary alicyclic amines) is 2. The zero-order valence-electron chi connectivity index (χ0n) is 13.9. The largest absolute Gasteiger partial charge is 0.381 e. The molecular weight excluding hydrogens is 310 g/mol. The number of nitrogens with zero attached hydrogens (tertiary/aromatic N) is 4. The van der Waals surface area contributed by atoms with Gasteiger partial charge in [-0.3, -0.25) is 14.7 Å². The molecule has 4 heterocycles. The number of aromatic amines is 1. The maximum atomic E-state index is 13.0. The summed E-state index contributed by atoms with van der Waals surface area (Å²) in [6, 6.07) is 0. The molecule has 2 atom stereocenters. The normalized spacial score (nSPS) is 28.9. The van der Waals surface area contributed by atoms with Gasteiger partial charge in [-0.1, -0.05) is 6.92 Å². The maximum Gasteiger partial charge on any atom is 0.291 e. The lowest BCUT2D eigenvalue weighted by Crippen LogP contribution is -2.66. The summed E-state index contributed by atoms with van der Waals surface area (Å²) >= 11 is 0. The molecule has 0 aromatic carbocycles. The molecule has 1 aromatic heterocycles. The Hall–Kier alpha value is -1.96. The summed E-state index contributed by atoms with van der Waals surface area (Å²) in [7, 11) is 0. The highest BCUT2D eigenvalue weighted by molar-refractivity contribution is 5.91. The first kappa shape index (κ1) is 15.6. The minimum absolute atomic E-state index is 0.142. The van der Waals surface area contributed by atoms with Crippen molar-refractivity contribution in [3.8, 4) is 0 Å². The van der Waals surface area contributed by atoms with Gasteiger partial charge in [0.2, 0.25) is 11.7 Å². The van der Waals surface area contributed by atoms with Gasteiger partial charge in [-0.05, 0) is 18.8 Å². The molecule has 3 aliphatic heterocycles. The standard InChI is InChI=1S/C16H23N5O3/c1-11-2-4-20(6-11)14(22)12-7-24-5-3-16(12)8-21(9-16)15(23)13-17-10-18-19-13/h10-12H,2-9H2,1H3,(H,17,18,19)/t11-,12+/m1/s1. The van der Waals surface area contributed by atoms with E-state index in [1.165, 1.54) is 6.33 Å². The Kier molecular flexibility index (Phi) is 3.79. The van der Waals surface area contributed by atoms with Crippen LogP contribution in [0.4, 0.5) is 0 Å². The number of aromatic nitrogens is 3. The van der Waals surface area contributed by atoms with E-state index >= 15 is 0 Å². The van der Waals surface area contributed by atoms with Crippen LogP contribution in [0, 0.1) is 17.3 Å². The molecule has 3 saturated heterocycles. The number of ether oxygens (including phenoxy) is 1. The topological polar surface area (TPSA) is 91.4 Å². The predicted octanol–water partition coefficient (Wildman–Crippen LogP) is 0.152. The molecule has 0 saturated carbocycles. The Morgan fingerprint density at radius 1 is 1.38 bits per heavy atom. The predicted molar refractivity (Wildman–Crippen MR) is 84.0 cm³/mol. The van der Waals surface area contributed by atoms with Crippen LogP contribution in [0.3, 0.4) is 0 Å². The molecule has 1 N–H and O–H groups in total. The van der Waals surface area contributed by atoms with E-state index in [-0.39, 0.29) is 29.0 Å². The number of rotatable bonds is 2. The molecule has 130 valence electrons. The van der Waals surface area contributed by atoms with Crippen LogP contribution >= 0.6 is 0 Å². The molecule has 3 aliphatic rings. The molecule has 8 heteroatoms. The first-order valence-electron chi connectivity index (χ1n) is 8.60. The van der Waals surface area contributed by atoms with Crippen LogP contribution in [0.1, 0.15) is 30.4 Å². The van der Waals surface area contributed by atoms with Crippen molar-refractivity contribution in [2.24, 2.45) is 17.3 Å². The number of carbonyl (C=O) groups excluding carboxylic acids is 2. The van der Waals surface area contributed by atoms with Crippen LogP contribution < -0.4 is 0 Å². The molecule has 2 amide bonds. The molecule has 0 bridgehead atoms. The van der Waals surface area contributed by atoms with E-state index in [4.69, 9.17) is 4.74 Å². The summed E-state index contributed by atoms with van der Waals surface area (Å²) in [4.78, 5) is 33.0. The third kappa shape index (κ3) is 2.49. The molecule has 0 aliphatic carbocycles. The number of H-pyrrole nitrogens is 1. The minimum atomic E-state index is -0.148. The molecule has 1 spiro atoms. The van der Waals surface area contributed by atoms with Crippen LogP contribution in [0.5, 0.6) is 0 Å². The van der Waals surface area contributed by atoms with Gasteiger partial charge in [-0.15, -0.1) is 0 Å². The lowest BCUT2D eigenvalue weighted by atomic mass is 9.65. The van der Waals surface area contributed by atoms with Gasteiger partial charge in [0.25, 0.3) is 5.91 Å². The highest BCUT2D eigenvalue weighted by atomic mass is 16.5. The van der Waals surface area contributed by atoms with E-state index in [2.05, 4.69) is 22.1 Å². The summed E-state index contributed by atoms with van der Waals surface area (Å²) in [5, 5.41) is 6.33. The van der Waals surface area contributed by atoms with Crippen molar-refractivity contribution in [2.75, 3.05) is 39.4 Å². The molecule has 1 aromatic rings. The summed E-state index contributed by atoms with van der Waals surface area (Å²) in [6.07, 6.45) is 3.23. The van der Waals surface area contributed by atoms with E-state index in [0.717, 1.165) is 25.9 Å². The highest BCUT2D eigenvalue weighted by Crippen LogP contribution is 2.45. The number of carbonyl (C=O) groups is 2. The lowest BCUT2D eigenvalue weighted by molar-refractivity contribution is -0.161. The molecule has 0 radical (unpaired) electrons. The van der Waals surface area contributed by atoms with Crippen molar-refractivity contribution in [1.29, 1.82) is 0 Å². The van der Waals surface area contributed by atoms with E-state index < -0.39 is 0 Å². The second-order valence-electron chi connectivity index (χ2n) is 7.41. The second kappa shape index (κ2) is 5.84. The summed E-state index contributed by atoms with van der Waals surface area (Å²) < 4.78 is 5.61. The number of nitrogens with one attached hydrogen (secondary N) is 1. The fourth-order valence-electron chi connectivity index (χ4n) is 4.21. The fraction of sp³-hybridized carbons (Fsp3) is 0.750. The van der Waals surface area contributed by atoms with Crippen molar-refractivity contribution in [3.63, 3.8) is 0 Å². The van der Waals surface area contributed by atoms with Crippen molar-refractivity contribution < 1.29 is 14.3 Å². The third-order valence-corrected chi connectivity index (χ3v) is 5.72. The smallest absolute Gasteiger partial charge is 0.291 e. The number of amides is 2. The molecular formula is C16H23N5O3.